The molecule has 1 fully saturated rings. The van der Waals surface area contributed by atoms with Crippen LogP contribution in [0.15, 0.2) is 30.6 Å². The summed E-state index contributed by atoms with van der Waals surface area (Å²) in [6, 6.07) is 5.66. The van der Waals surface area contributed by atoms with Gasteiger partial charge in [-0.1, -0.05) is 0 Å². The van der Waals surface area contributed by atoms with Crippen LogP contribution in [0, 0.1) is 5.92 Å². The van der Waals surface area contributed by atoms with Crippen molar-refractivity contribution in [1.82, 2.24) is 25.4 Å². The molecule has 2 N–H and O–H groups in total. The highest BCUT2D eigenvalue weighted by Gasteiger charge is 2.23. The van der Waals surface area contributed by atoms with Crippen molar-refractivity contribution in [3.05, 3.63) is 30.6 Å². The van der Waals surface area contributed by atoms with E-state index in [1.165, 1.54) is 6.92 Å². The van der Waals surface area contributed by atoms with Gasteiger partial charge in [-0.3, -0.25) is 19.7 Å². The van der Waals surface area contributed by atoms with Gasteiger partial charge in [0.2, 0.25) is 11.8 Å². The Labute approximate surface area is 164 Å². The molecule has 0 saturated carbocycles. The maximum atomic E-state index is 12.4. The normalized spacial score (nSPS) is 16.6. The molecule has 8 nitrogen and oxygen atoms in total. The number of hydrogen-bond donors (Lipinski definition) is 2. The number of aromatic nitrogens is 3. The van der Waals surface area contributed by atoms with Crippen LogP contribution in [0.25, 0.3) is 11.4 Å². The number of hydrogen-bond acceptors (Lipinski definition) is 5. The molecule has 28 heavy (non-hydrogen) atoms. The van der Waals surface area contributed by atoms with E-state index in [0.717, 1.165) is 43.1 Å². The number of nitrogens with one attached hydrogen (secondary N) is 2. The van der Waals surface area contributed by atoms with E-state index in [9.17, 15) is 9.59 Å². The zero-order valence-electron chi connectivity index (χ0n) is 16.2. The second kappa shape index (κ2) is 9.87. The molecule has 1 saturated heterocycles. The quantitative estimate of drug-likeness (QED) is 0.677. The van der Waals surface area contributed by atoms with Crippen LogP contribution in [0.2, 0.25) is 0 Å². The van der Waals surface area contributed by atoms with Crippen molar-refractivity contribution in [2.45, 2.75) is 32.6 Å². The fourth-order valence-electron chi connectivity index (χ4n) is 3.33. The Balaban J connectivity index is 1.42. The Hall–Kier alpha value is -2.90. The zero-order valence-corrected chi connectivity index (χ0v) is 16.2. The lowest BCUT2D eigenvalue weighted by Crippen LogP contribution is -2.41. The van der Waals surface area contributed by atoms with Gasteiger partial charge < -0.3 is 15.0 Å². The summed E-state index contributed by atoms with van der Waals surface area (Å²) >= 11 is 0. The molecule has 1 atom stereocenters. The summed E-state index contributed by atoms with van der Waals surface area (Å²) < 4.78 is 5.90. The van der Waals surface area contributed by atoms with Crippen LogP contribution in [0.4, 0.5) is 0 Å². The zero-order chi connectivity index (χ0) is 19.8. The van der Waals surface area contributed by atoms with E-state index in [0.29, 0.717) is 31.9 Å². The fraction of sp³-hybridized carbons (Fsp3) is 0.500. The van der Waals surface area contributed by atoms with Crippen molar-refractivity contribution in [2.75, 3.05) is 26.2 Å². The summed E-state index contributed by atoms with van der Waals surface area (Å²) in [6.07, 6.45) is 6.58. The minimum atomic E-state index is -0.0604. The monoisotopic (exact) mass is 385 g/mol. The number of amides is 2. The van der Waals surface area contributed by atoms with Gasteiger partial charge >= 0.3 is 0 Å². The van der Waals surface area contributed by atoms with Crippen LogP contribution in [0.3, 0.4) is 0 Å². The topological polar surface area (TPSA) is 100 Å². The van der Waals surface area contributed by atoms with E-state index in [4.69, 9.17) is 4.74 Å². The summed E-state index contributed by atoms with van der Waals surface area (Å²) in [4.78, 5) is 29.6. The predicted molar refractivity (Wildman–Crippen MR) is 105 cm³/mol. The van der Waals surface area contributed by atoms with E-state index >= 15 is 0 Å². The Bertz CT molecular complexity index is 761. The van der Waals surface area contributed by atoms with Gasteiger partial charge in [-0.25, -0.2) is 0 Å². The lowest BCUT2D eigenvalue weighted by atomic mass is 9.98. The molecule has 1 aliphatic heterocycles. The van der Waals surface area contributed by atoms with Gasteiger partial charge in [-0.15, -0.1) is 0 Å². The van der Waals surface area contributed by atoms with Gasteiger partial charge in [0.25, 0.3) is 0 Å². The van der Waals surface area contributed by atoms with Crippen molar-refractivity contribution in [1.29, 1.82) is 0 Å². The van der Waals surface area contributed by atoms with E-state index in [1.807, 2.05) is 23.1 Å². The summed E-state index contributed by atoms with van der Waals surface area (Å²) in [5.41, 5.74) is 1.69. The second-order valence-electron chi connectivity index (χ2n) is 7.09. The molecule has 0 unspecified atom stereocenters. The first-order chi connectivity index (χ1) is 13.6. The highest BCUT2D eigenvalue weighted by Crippen LogP contribution is 2.21. The van der Waals surface area contributed by atoms with Crippen LogP contribution in [-0.2, 0) is 9.59 Å². The van der Waals surface area contributed by atoms with E-state index in [-0.39, 0.29) is 11.8 Å². The van der Waals surface area contributed by atoms with Crippen LogP contribution in [0.1, 0.15) is 32.6 Å². The number of aromatic amines is 1. The molecule has 8 heteroatoms. The highest BCUT2D eigenvalue weighted by molar-refractivity contribution is 5.76. The summed E-state index contributed by atoms with van der Waals surface area (Å²) in [6.45, 7) is 4.12. The van der Waals surface area contributed by atoms with Gasteiger partial charge in [0, 0.05) is 45.1 Å². The largest absolute Gasteiger partial charge is 0.492 e. The number of carbonyl (C=O) groups is 2. The second-order valence-corrected chi connectivity index (χ2v) is 7.09. The smallest absolute Gasteiger partial charge is 0.222 e. The molecule has 150 valence electrons. The van der Waals surface area contributed by atoms with Crippen LogP contribution >= 0.6 is 0 Å². The van der Waals surface area contributed by atoms with E-state index < -0.39 is 0 Å². The number of H-pyrrole nitrogens is 1. The first-order valence-electron chi connectivity index (χ1n) is 9.72. The van der Waals surface area contributed by atoms with Gasteiger partial charge in [0.05, 0.1) is 24.2 Å². The minimum Gasteiger partial charge on any atom is -0.492 e. The third-order valence-corrected chi connectivity index (χ3v) is 4.81. The van der Waals surface area contributed by atoms with E-state index in [2.05, 4.69) is 20.5 Å². The molecule has 1 aliphatic rings. The number of piperidine rings is 1. The first-order valence-corrected chi connectivity index (χ1v) is 9.72. The molecule has 0 aromatic carbocycles. The SMILES string of the molecule is CC(=O)NCCCC(=O)N1CCC[C@@H](COc2ccc(-c3ccn[nH]3)nc2)C1. The van der Waals surface area contributed by atoms with Crippen LogP contribution in [-0.4, -0.2) is 58.1 Å². The first kappa shape index (κ1) is 19.9. The molecule has 0 bridgehead atoms. The Kier molecular flexibility index (Phi) is 7.00. The van der Waals surface area contributed by atoms with Crippen molar-refractivity contribution in [2.24, 2.45) is 5.92 Å². The number of carbonyl (C=O) groups excluding carboxylic acids is 2. The predicted octanol–water partition coefficient (Wildman–Crippen LogP) is 2.01. The highest BCUT2D eigenvalue weighted by atomic mass is 16.5. The van der Waals surface area contributed by atoms with Crippen molar-refractivity contribution in [3.63, 3.8) is 0 Å². The van der Waals surface area contributed by atoms with Crippen molar-refractivity contribution in [3.8, 4) is 17.1 Å². The summed E-state index contributed by atoms with van der Waals surface area (Å²) in [5.74, 6) is 1.14. The number of nitrogens with zero attached hydrogens (tertiary/aromatic N) is 3. The maximum absolute atomic E-state index is 12.4. The summed E-state index contributed by atoms with van der Waals surface area (Å²) in [7, 11) is 0. The van der Waals surface area contributed by atoms with Gasteiger partial charge in [0.1, 0.15) is 5.75 Å². The maximum Gasteiger partial charge on any atom is 0.222 e. The fourth-order valence-corrected chi connectivity index (χ4v) is 3.33. The van der Waals surface area contributed by atoms with Gasteiger partial charge in [-0.05, 0) is 37.5 Å². The number of likely N-dealkylation sites (tertiary alicyclic amines) is 1. The number of ether oxygens (including phenoxy) is 1. The van der Waals surface area contributed by atoms with E-state index in [1.54, 1.807) is 12.4 Å². The lowest BCUT2D eigenvalue weighted by Gasteiger charge is -2.32. The molecule has 0 radical (unpaired) electrons. The van der Waals surface area contributed by atoms with Gasteiger partial charge in [0.15, 0.2) is 0 Å². The van der Waals surface area contributed by atoms with Crippen LogP contribution < -0.4 is 10.1 Å². The third kappa shape index (κ3) is 5.80. The average Bonchev–Trinajstić information content (AvgIpc) is 3.25. The average molecular weight is 385 g/mol. The van der Waals surface area contributed by atoms with Crippen molar-refractivity contribution >= 4 is 11.8 Å². The Morgan fingerprint density at radius 3 is 2.96 bits per heavy atom. The number of pyridine rings is 1. The molecule has 2 amide bonds. The molecule has 3 heterocycles. The molecular weight excluding hydrogens is 358 g/mol. The molecule has 0 aliphatic carbocycles. The lowest BCUT2D eigenvalue weighted by molar-refractivity contribution is -0.133. The molecule has 3 rings (SSSR count). The van der Waals surface area contributed by atoms with Gasteiger partial charge in [-0.2, -0.15) is 5.10 Å². The molecular formula is C20H27N5O3. The minimum absolute atomic E-state index is 0.0604. The van der Waals surface area contributed by atoms with Crippen molar-refractivity contribution < 1.29 is 14.3 Å². The Morgan fingerprint density at radius 2 is 2.25 bits per heavy atom. The Morgan fingerprint density at radius 1 is 1.36 bits per heavy atom. The molecule has 2 aromatic heterocycles. The number of rotatable bonds is 8. The summed E-state index contributed by atoms with van der Waals surface area (Å²) in [5, 5.41) is 9.53. The molecule has 2 aromatic rings. The molecule has 0 spiro atoms. The van der Waals surface area contributed by atoms with Crippen LogP contribution in [0.5, 0.6) is 5.75 Å². The third-order valence-electron chi connectivity index (χ3n) is 4.81. The standard InChI is InChI=1S/C20H27N5O3/c1-15(26)21-9-2-5-20(27)25-11-3-4-16(13-25)14-28-17-6-7-18(22-12-17)19-8-10-23-24-19/h6-8,10,12,16H,2-5,9,11,13-14H2,1H3,(H,21,26)(H,23,24)/t16-/m1/s1.